The van der Waals surface area contributed by atoms with E-state index in [0.29, 0.717) is 72.0 Å². The van der Waals surface area contributed by atoms with E-state index in [9.17, 15) is 43.2 Å². The molecule has 0 saturated carbocycles. The lowest BCUT2D eigenvalue weighted by atomic mass is 10.1. The van der Waals surface area contributed by atoms with E-state index in [4.69, 9.17) is 14.2 Å². The molecule has 0 atom stereocenters. The first-order chi connectivity index (χ1) is 23.7. The van der Waals surface area contributed by atoms with Crippen LogP contribution < -0.4 is 10.6 Å². The van der Waals surface area contributed by atoms with E-state index in [-0.39, 0.29) is 80.9 Å². The van der Waals surface area contributed by atoms with Gasteiger partial charge in [-0.2, -0.15) is 0 Å². The summed E-state index contributed by atoms with van der Waals surface area (Å²) in [6, 6.07) is 0. The van der Waals surface area contributed by atoms with Crippen molar-refractivity contribution in [2.75, 3.05) is 74.1 Å². The van der Waals surface area contributed by atoms with Crippen molar-refractivity contribution in [2.45, 2.75) is 92.4 Å². The van der Waals surface area contributed by atoms with Crippen LogP contribution in [0.5, 0.6) is 0 Å². The normalized spacial score (nSPS) is 9.61. The molecule has 0 radical (unpaired) electrons. The molecule has 0 unspecified atom stereocenters. The number of esters is 3. The molecule has 0 aliphatic rings. The monoisotopic (exact) mass is 736 g/mol. The Morgan fingerprint density at radius 2 is 0.843 bits per heavy atom. The zero-order valence-electron chi connectivity index (χ0n) is 30.4. The van der Waals surface area contributed by atoms with Crippen LogP contribution in [0.1, 0.15) is 92.4 Å². The molecule has 0 aromatic rings. The fourth-order valence-electron chi connectivity index (χ4n) is 3.10. The summed E-state index contributed by atoms with van der Waals surface area (Å²) in [5, 5.41) is 5.15. The SMILES string of the molecule is C.COC(=O)CC(=O)CCC(C)=O.COC(=O)CC(=O)NCCOCCCC(C)=O.COC(=O)CCC(=O)NCCOCCOCCCC(C)=O. The van der Waals surface area contributed by atoms with Gasteiger partial charge < -0.3 is 53.4 Å². The number of methoxy groups -OCH3 is 3. The molecule has 0 heterocycles. The number of amides is 2. The van der Waals surface area contributed by atoms with Crippen molar-refractivity contribution in [1.82, 2.24) is 10.6 Å². The summed E-state index contributed by atoms with van der Waals surface area (Å²) < 4.78 is 28.8. The van der Waals surface area contributed by atoms with Crippen LogP contribution in [0.15, 0.2) is 0 Å². The number of ether oxygens (including phenoxy) is 6. The molecule has 0 aromatic heterocycles. The first kappa shape index (κ1) is 53.7. The lowest BCUT2D eigenvalue weighted by Crippen LogP contribution is -2.29. The van der Waals surface area contributed by atoms with E-state index in [2.05, 4.69) is 24.8 Å². The summed E-state index contributed by atoms with van der Waals surface area (Å²) in [5.74, 6) is -2.10. The number of nitrogens with one attached hydrogen (secondary N) is 2. The Morgan fingerprint density at radius 3 is 1.29 bits per heavy atom. The molecule has 0 aliphatic carbocycles. The van der Waals surface area contributed by atoms with Crippen LogP contribution in [-0.4, -0.2) is 127 Å². The minimum Gasteiger partial charge on any atom is -0.469 e. The summed E-state index contributed by atoms with van der Waals surface area (Å²) in [6.45, 7) is 7.94. The van der Waals surface area contributed by atoms with Crippen LogP contribution in [0.2, 0.25) is 0 Å². The van der Waals surface area contributed by atoms with Gasteiger partial charge in [-0.15, -0.1) is 0 Å². The molecule has 2 amide bonds. The molecule has 0 aliphatic heterocycles. The van der Waals surface area contributed by atoms with Gasteiger partial charge in [0, 0.05) is 58.4 Å². The second kappa shape index (κ2) is 38.7. The first-order valence-electron chi connectivity index (χ1n) is 16.1. The molecule has 0 aromatic carbocycles. The zero-order chi connectivity index (χ0) is 38.6. The first-order valence-corrected chi connectivity index (χ1v) is 16.1. The van der Waals surface area contributed by atoms with Crippen molar-refractivity contribution in [3.63, 3.8) is 0 Å². The Labute approximate surface area is 301 Å². The van der Waals surface area contributed by atoms with Crippen molar-refractivity contribution < 1.29 is 71.6 Å². The predicted molar refractivity (Wildman–Crippen MR) is 184 cm³/mol. The molecular formula is C34H60N2O15. The average molecular weight is 737 g/mol. The van der Waals surface area contributed by atoms with E-state index in [0.717, 1.165) is 6.42 Å². The molecule has 0 bridgehead atoms. The average Bonchev–Trinajstić information content (AvgIpc) is 3.06. The van der Waals surface area contributed by atoms with E-state index in [1.807, 2.05) is 0 Å². The zero-order valence-corrected chi connectivity index (χ0v) is 30.4. The van der Waals surface area contributed by atoms with E-state index < -0.39 is 17.9 Å². The van der Waals surface area contributed by atoms with Crippen LogP contribution in [0.4, 0.5) is 0 Å². The largest absolute Gasteiger partial charge is 0.469 e. The molecule has 0 fully saturated rings. The van der Waals surface area contributed by atoms with Gasteiger partial charge in [-0.05, 0) is 33.6 Å². The number of carbonyl (C=O) groups is 9. The van der Waals surface area contributed by atoms with Crippen molar-refractivity contribution in [3.8, 4) is 0 Å². The number of hydrogen-bond acceptors (Lipinski definition) is 15. The molecule has 0 saturated heterocycles. The number of Topliss-reactive ketones (excluding diaryl/α,β-unsaturated/α-hetero) is 4. The summed E-state index contributed by atoms with van der Waals surface area (Å²) in [5.41, 5.74) is 0. The van der Waals surface area contributed by atoms with E-state index >= 15 is 0 Å². The van der Waals surface area contributed by atoms with E-state index in [1.54, 1.807) is 6.92 Å². The molecule has 0 spiro atoms. The van der Waals surface area contributed by atoms with Crippen LogP contribution >= 0.6 is 0 Å². The van der Waals surface area contributed by atoms with Gasteiger partial charge in [0.15, 0.2) is 0 Å². The quantitative estimate of drug-likeness (QED) is 0.0528. The molecule has 17 heteroatoms. The van der Waals surface area contributed by atoms with Gasteiger partial charge in [-0.3, -0.25) is 28.8 Å². The second-order valence-corrected chi connectivity index (χ2v) is 10.5. The highest BCUT2D eigenvalue weighted by molar-refractivity contribution is 5.97. The fourth-order valence-corrected chi connectivity index (χ4v) is 3.10. The summed E-state index contributed by atoms with van der Waals surface area (Å²) >= 11 is 0. The van der Waals surface area contributed by atoms with Gasteiger partial charge >= 0.3 is 17.9 Å². The molecule has 0 rings (SSSR count). The smallest absolute Gasteiger partial charge is 0.315 e. The Hall–Kier alpha value is -4.09. The number of hydrogen-bond donors (Lipinski definition) is 2. The van der Waals surface area contributed by atoms with Crippen LogP contribution in [0, 0.1) is 0 Å². The van der Waals surface area contributed by atoms with Gasteiger partial charge in [0.1, 0.15) is 36.0 Å². The van der Waals surface area contributed by atoms with E-state index in [1.165, 1.54) is 35.2 Å². The summed E-state index contributed by atoms with van der Waals surface area (Å²) in [4.78, 5) is 97.0. The molecule has 296 valence electrons. The maximum atomic E-state index is 11.3. The second-order valence-electron chi connectivity index (χ2n) is 10.5. The topological polar surface area (TPSA) is 233 Å². The van der Waals surface area contributed by atoms with Crippen molar-refractivity contribution in [1.29, 1.82) is 0 Å². The third-order valence-electron chi connectivity index (χ3n) is 5.79. The Morgan fingerprint density at radius 1 is 0.431 bits per heavy atom. The van der Waals surface area contributed by atoms with Crippen LogP contribution in [0.25, 0.3) is 0 Å². The van der Waals surface area contributed by atoms with Gasteiger partial charge in [0.05, 0.1) is 54.2 Å². The third-order valence-corrected chi connectivity index (χ3v) is 5.79. The summed E-state index contributed by atoms with van der Waals surface area (Å²) in [6.07, 6.45) is 2.48. The lowest BCUT2D eigenvalue weighted by Gasteiger charge is -2.07. The minimum atomic E-state index is -0.565. The molecular weight excluding hydrogens is 676 g/mol. The Bertz CT molecular complexity index is 1030. The van der Waals surface area contributed by atoms with Gasteiger partial charge in [-0.1, -0.05) is 7.43 Å². The van der Waals surface area contributed by atoms with Crippen molar-refractivity contribution in [2.24, 2.45) is 0 Å². The summed E-state index contributed by atoms with van der Waals surface area (Å²) in [7, 11) is 3.74. The van der Waals surface area contributed by atoms with Gasteiger partial charge in [0.25, 0.3) is 0 Å². The predicted octanol–water partition coefficient (Wildman–Crippen LogP) is 1.63. The third kappa shape index (κ3) is 48.1. The molecule has 17 nitrogen and oxygen atoms in total. The highest BCUT2D eigenvalue weighted by Gasteiger charge is 2.10. The fraction of sp³-hybridized carbons (Fsp3) is 0.735. The standard InChI is InChI=1S/C14H25NO6.C11H19NO5.C8H12O4.CH4/c1-12(16)4-3-8-20-10-11-21-9-7-15-13(17)5-6-14(18)19-2;1-9(13)4-3-6-17-7-5-12-10(14)8-11(15)16-2;1-6(9)3-4-7(10)5-8(11)12-2;/h3-11H2,1-2H3,(H,15,17);3-8H2,1-2H3,(H,12,14);3-5H2,1-2H3;1H4. The number of ketones is 4. The maximum absolute atomic E-state index is 11.3. The van der Waals surface area contributed by atoms with Crippen molar-refractivity contribution >= 4 is 52.9 Å². The van der Waals surface area contributed by atoms with Crippen LogP contribution in [0.3, 0.4) is 0 Å². The number of rotatable bonds is 27. The Kier molecular flexibility index (Phi) is 40.8. The maximum Gasteiger partial charge on any atom is 0.315 e. The molecule has 51 heavy (non-hydrogen) atoms. The van der Waals surface area contributed by atoms with Gasteiger partial charge in [-0.25, -0.2) is 0 Å². The van der Waals surface area contributed by atoms with Gasteiger partial charge in [0.2, 0.25) is 11.8 Å². The highest BCUT2D eigenvalue weighted by Crippen LogP contribution is 1.97. The lowest BCUT2D eigenvalue weighted by molar-refractivity contribution is -0.145. The number of carbonyl (C=O) groups excluding carboxylic acids is 9. The van der Waals surface area contributed by atoms with Crippen molar-refractivity contribution in [3.05, 3.63) is 0 Å². The highest BCUT2D eigenvalue weighted by atomic mass is 16.5. The van der Waals surface area contributed by atoms with Crippen LogP contribution in [-0.2, 0) is 71.6 Å². The molecule has 2 N–H and O–H groups in total. The minimum absolute atomic E-state index is 0. The Balaban J connectivity index is -0.000000334.